The van der Waals surface area contributed by atoms with Gasteiger partial charge in [0.25, 0.3) is 0 Å². The van der Waals surface area contributed by atoms with E-state index in [-0.39, 0.29) is 0 Å². The molecule has 0 unspecified atom stereocenters. The average Bonchev–Trinajstić information content (AvgIpc) is 2.56. The zero-order valence-electron chi connectivity index (χ0n) is 12.7. The molecule has 3 rings (SSSR count). The molecule has 0 saturated carbocycles. The van der Waals surface area contributed by atoms with E-state index in [2.05, 4.69) is 4.98 Å². The highest BCUT2D eigenvalue weighted by atomic mass is 19.1. The molecule has 0 bridgehead atoms. The molecule has 0 radical (unpaired) electrons. The Morgan fingerprint density at radius 3 is 2.74 bits per heavy atom. The molecule has 0 saturated heterocycles. The minimum atomic E-state index is -0.399. The number of carbonyl (C=O) groups excluding carboxylic acids is 1. The van der Waals surface area contributed by atoms with Crippen molar-refractivity contribution in [3.8, 4) is 5.75 Å². The predicted octanol–water partition coefficient (Wildman–Crippen LogP) is 3.85. The number of hydrogen-bond acceptors (Lipinski definition) is 4. The van der Waals surface area contributed by atoms with Crippen molar-refractivity contribution in [2.75, 3.05) is 12.3 Å². The first kappa shape index (κ1) is 16.4. The second-order valence-corrected chi connectivity index (χ2v) is 4.69. The van der Waals surface area contributed by atoms with E-state index in [0.717, 1.165) is 10.9 Å². The number of para-hydroxylation sites is 1. The Hall–Kier alpha value is -2.95. The van der Waals surface area contributed by atoms with Crippen molar-refractivity contribution >= 4 is 22.9 Å². The van der Waals surface area contributed by atoms with Crippen LogP contribution in [-0.2, 0) is 0 Å². The fraction of sp³-hybridized carbons (Fsp3) is 0.111. The van der Waals surface area contributed by atoms with Gasteiger partial charge in [-0.1, -0.05) is 18.2 Å². The molecule has 4 nitrogen and oxygen atoms in total. The van der Waals surface area contributed by atoms with Crippen molar-refractivity contribution in [3.05, 3.63) is 66.1 Å². The van der Waals surface area contributed by atoms with Gasteiger partial charge in [0.05, 0.1) is 29.6 Å². The van der Waals surface area contributed by atoms with Gasteiger partial charge >= 0.3 is 0 Å². The number of fused-ring (bicyclic) bond motifs is 1. The van der Waals surface area contributed by atoms with E-state index in [0.29, 0.717) is 29.9 Å². The molecule has 2 N–H and O–H groups in total. The lowest BCUT2D eigenvalue weighted by Crippen LogP contribution is -1.96. The number of carbonyl (C=O) groups is 1. The lowest BCUT2D eigenvalue weighted by atomic mass is 10.2. The van der Waals surface area contributed by atoms with E-state index in [1.165, 1.54) is 18.2 Å². The molecule has 0 aliphatic rings. The van der Waals surface area contributed by atoms with Crippen LogP contribution in [0, 0.1) is 5.82 Å². The molecule has 5 heteroatoms. The third-order valence-electron chi connectivity index (χ3n) is 3.01. The number of pyridine rings is 1. The van der Waals surface area contributed by atoms with Crippen LogP contribution in [0.3, 0.4) is 0 Å². The Bertz CT molecular complexity index is 806. The zero-order chi connectivity index (χ0) is 16.7. The maximum absolute atomic E-state index is 12.6. The highest BCUT2D eigenvalue weighted by Gasteiger charge is 2.02. The fourth-order valence-corrected chi connectivity index (χ4v) is 1.97. The van der Waals surface area contributed by atoms with Gasteiger partial charge in [-0.25, -0.2) is 4.39 Å². The average molecular weight is 312 g/mol. The summed E-state index contributed by atoms with van der Waals surface area (Å²) in [5.41, 5.74) is 7.63. The summed E-state index contributed by atoms with van der Waals surface area (Å²) >= 11 is 0. The van der Waals surface area contributed by atoms with Gasteiger partial charge in [0.1, 0.15) is 11.6 Å². The molecule has 0 atom stereocenters. The lowest BCUT2D eigenvalue weighted by Gasteiger charge is -2.04. The van der Waals surface area contributed by atoms with E-state index < -0.39 is 5.82 Å². The Kier molecular flexibility index (Phi) is 5.63. The minimum Gasteiger partial charge on any atom is -0.493 e. The van der Waals surface area contributed by atoms with Crippen LogP contribution in [0.4, 0.5) is 10.1 Å². The number of nitrogens with zero attached hydrogens (tertiary/aromatic N) is 1. The van der Waals surface area contributed by atoms with Gasteiger partial charge in [0.15, 0.2) is 6.29 Å². The van der Waals surface area contributed by atoms with Gasteiger partial charge in [-0.2, -0.15) is 0 Å². The predicted molar refractivity (Wildman–Crippen MR) is 89.1 cm³/mol. The number of ether oxygens (including phenoxy) is 1. The molecule has 23 heavy (non-hydrogen) atoms. The lowest BCUT2D eigenvalue weighted by molar-refractivity contribution is 0.112. The van der Waals surface area contributed by atoms with Crippen LogP contribution in [0.1, 0.15) is 17.3 Å². The molecular weight excluding hydrogens is 295 g/mol. The van der Waals surface area contributed by atoms with Crippen molar-refractivity contribution in [2.24, 2.45) is 0 Å². The van der Waals surface area contributed by atoms with Gasteiger partial charge in [0, 0.05) is 11.5 Å². The molecule has 0 amide bonds. The summed E-state index contributed by atoms with van der Waals surface area (Å²) in [5.74, 6) is -0.100. The van der Waals surface area contributed by atoms with Crippen LogP contribution in [-0.4, -0.2) is 17.9 Å². The summed E-state index contributed by atoms with van der Waals surface area (Å²) < 4.78 is 17.6. The summed E-state index contributed by atoms with van der Waals surface area (Å²) in [6, 6.07) is 13.7. The van der Waals surface area contributed by atoms with Crippen molar-refractivity contribution in [2.45, 2.75) is 6.92 Å². The number of benzene rings is 2. The largest absolute Gasteiger partial charge is 0.493 e. The van der Waals surface area contributed by atoms with Gasteiger partial charge in [-0.05, 0) is 31.2 Å². The van der Waals surface area contributed by atoms with E-state index in [1.807, 2.05) is 30.3 Å². The highest BCUT2D eigenvalue weighted by Crippen LogP contribution is 2.17. The fourth-order valence-electron chi connectivity index (χ4n) is 1.97. The van der Waals surface area contributed by atoms with E-state index in [9.17, 15) is 9.18 Å². The van der Waals surface area contributed by atoms with Gasteiger partial charge in [0.2, 0.25) is 0 Å². The number of rotatable bonds is 3. The number of halogens is 1. The molecule has 2 aromatic carbocycles. The summed E-state index contributed by atoms with van der Waals surface area (Å²) in [6.45, 7) is 2.20. The van der Waals surface area contributed by atoms with E-state index >= 15 is 0 Å². The second kappa shape index (κ2) is 7.89. The van der Waals surface area contributed by atoms with Crippen LogP contribution in [0.15, 0.2) is 54.7 Å². The summed E-state index contributed by atoms with van der Waals surface area (Å²) in [7, 11) is 0. The number of anilines is 1. The number of aldehydes is 1. The van der Waals surface area contributed by atoms with Crippen LogP contribution in [0.2, 0.25) is 0 Å². The highest BCUT2D eigenvalue weighted by molar-refractivity contribution is 5.81. The van der Waals surface area contributed by atoms with E-state index in [4.69, 9.17) is 10.5 Å². The smallest absolute Gasteiger partial charge is 0.153 e. The van der Waals surface area contributed by atoms with Gasteiger partial charge in [-0.3, -0.25) is 9.78 Å². The second-order valence-electron chi connectivity index (χ2n) is 4.69. The maximum Gasteiger partial charge on any atom is 0.153 e. The van der Waals surface area contributed by atoms with Crippen LogP contribution >= 0.6 is 0 Å². The molecular formula is C18H17FN2O2. The normalized spacial score (nSPS) is 9.83. The zero-order valence-corrected chi connectivity index (χ0v) is 12.7. The third kappa shape index (κ3) is 4.51. The van der Waals surface area contributed by atoms with E-state index in [1.54, 1.807) is 13.1 Å². The Labute approximate surface area is 133 Å². The van der Waals surface area contributed by atoms with Crippen molar-refractivity contribution in [1.82, 2.24) is 4.98 Å². The number of aromatic nitrogens is 1. The Morgan fingerprint density at radius 2 is 2.00 bits per heavy atom. The molecule has 118 valence electrons. The van der Waals surface area contributed by atoms with Crippen LogP contribution < -0.4 is 10.5 Å². The summed E-state index contributed by atoms with van der Waals surface area (Å²) in [5, 5.41) is 1.09. The van der Waals surface area contributed by atoms with Crippen molar-refractivity contribution < 1.29 is 13.9 Å². The molecule has 1 aromatic heterocycles. The topological polar surface area (TPSA) is 65.2 Å². The number of nitrogens with two attached hydrogens (primary N) is 1. The molecule has 0 fully saturated rings. The molecule has 3 aromatic rings. The first-order chi connectivity index (χ1) is 11.1. The van der Waals surface area contributed by atoms with Gasteiger partial charge in [-0.15, -0.1) is 0 Å². The first-order valence-electron chi connectivity index (χ1n) is 7.12. The van der Waals surface area contributed by atoms with Crippen molar-refractivity contribution in [1.29, 1.82) is 0 Å². The molecule has 1 heterocycles. The van der Waals surface area contributed by atoms with Crippen molar-refractivity contribution in [3.63, 3.8) is 0 Å². The Balaban J connectivity index is 0.000000167. The quantitative estimate of drug-likeness (QED) is 0.746. The standard InChI is InChI=1S/C9H9FO2.C9H8N2/c1-2-12-9-5-8(10)4-3-7(9)6-11;10-8-5-7-3-1-2-4-9(7)11-6-8/h3-6H,2H2,1H3;1-6H,10H2. The summed E-state index contributed by atoms with van der Waals surface area (Å²) in [6.07, 6.45) is 2.31. The number of nitrogen functional groups attached to an aromatic ring is 1. The molecule has 0 aliphatic heterocycles. The monoisotopic (exact) mass is 312 g/mol. The molecule has 0 aliphatic carbocycles. The first-order valence-corrected chi connectivity index (χ1v) is 7.12. The third-order valence-corrected chi connectivity index (χ3v) is 3.01. The maximum atomic E-state index is 12.6. The SMILES string of the molecule is CCOc1cc(F)ccc1C=O.Nc1cnc2ccccc2c1. The number of hydrogen-bond donors (Lipinski definition) is 1. The summed E-state index contributed by atoms with van der Waals surface area (Å²) in [4.78, 5) is 14.6. The molecule has 0 spiro atoms. The van der Waals surface area contributed by atoms with Crippen LogP contribution in [0.5, 0.6) is 5.75 Å². The minimum absolute atomic E-state index is 0.299. The van der Waals surface area contributed by atoms with Gasteiger partial charge < -0.3 is 10.5 Å². The van der Waals surface area contributed by atoms with Crippen LogP contribution in [0.25, 0.3) is 10.9 Å². The Morgan fingerprint density at radius 1 is 1.22 bits per heavy atom.